The van der Waals surface area contributed by atoms with E-state index >= 15 is 0 Å². The van der Waals surface area contributed by atoms with Gasteiger partial charge in [0.15, 0.2) is 5.92 Å². The third-order valence-corrected chi connectivity index (χ3v) is 3.15. The Kier molecular flexibility index (Phi) is 4.67. The minimum atomic E-state index is -1.18. The summed E-state index contributed by atoms with van der Waals surface area (Å²) in [4.78, 5) is 41.0. The van der Waals surface area contributed by atoms with Crippen LogP contribution in [0.4, 0.5) is 10.5 Å². The molecule has 1 heterocycles. The van der Waals surface area contributed by atoms with Crippen molar-refractivity contribution in [2.45, 2.75) is 13.8 Å². The molecular weight excluding hydrogens is 286 g/mol. The van der Waals surface area contributed by atoms with Gasteiger partial charge in [-0.2, -0.15) is 0 Å². The topological polar surface area (TPSA) is 99.1 Å². The Morgan fingerprint density at radius 1 is 1.23 bits per heavy atom. The fourth-order valence-electron chi connectivity index (χ4n) is 2.28. The fourth-order valence-corrected chi connectivity index (χ4v) is 2.28. The Hall–Kier alpha value is -2.54. The number of carbonyl (C=O) groups excluding carboxylic acids is 3. The monoisotopic (exact) mass is 303 g/mol. The number of carbonyl (C=O) groups is 3. The van der Waals surface area contributed by atoms with Crippen LogP contribution in [0.1, 0.15) is 11.1 Å². The van der Waals surface area contributed by atoms with Crippen LogP contribution in [-0.2, 0) is 9.59 Å². The second-order valence-corrected chi connectivity index (χ2v) is 5.07. The molecule has 0 saturated carbocycles. The lowest BCUT2D eigenvalue weighted by Crippen LogP contribution is -2.58. The highest BCUT2D eigenvalue weighted by molar-refractivity contribution is 6.32. The maximum Gasteiger partial charge on any atom is 0.335 e. The minimum Gasteiger partial charge on any atom is -0.394 e. The molecule has 2 N–H and O–H groups in total. The summed E-state index contributed by atoms with van der Waals surface area (Å²) in [5.74, 6) is -2.54. The molecule has 1 aromatic rings. The Morgan fingerprint density at radius 3 is 2.45 bits per heavy atom. The van der Waals surface area contributed by atoms with Crippen molar-refractivity contribution in [3.63, 3.8) is 0 Å². The van der Waals surface area contributed by atoms with Crippen LogP contribution in [-0.4, -0.2) is 42.3 Å². The molecule has 0 unspecified atom stereocenters. The molecule has 22 heavy (non-hydrogen) atoms. The van der Waals surface area contributed by atoms with Crippen LogP contribution in [0.15, 0.2) is 23.2 Å². The van der Waals surface area contributed by atoms with E-state index in [4.69, 9.17) is 5.11 Å². The van der Waals surface area contributed by atoms with Gasteiger partial charge in [-0.15, -0.1) is 0 Å². The van der Waals surface area contributed by atoms with Crippen molar-refractivity contribution in [1.82, 2.24) is 5.32 Å². The van der Waals surface area contributed by atoms with Gasteiger partial charge in [-0.25, -0.2) is 9.69 Å². The van der Waals surface area contributed by atoms with Crippen LogP contribution in [0.25, 0.3) is 0 Å². The number of nitrogens with one attached hydrogen (secondary N) is 1. The molecule has 0 radical (unpaired) electrons. The molecule has 0 aromatic heterocycles. The first-order valence-electron chi connectivity index (χ1n) is 6.82. The van der Waals surface area contributed by atoms with Crippen molar-refractivity contribution in [1.29, 1.82) is 0 Å². The first kappa shape index (κ1) is 15.8. The molecule has 1 aliphatic heterocycles. The van der Waals surface area contributed by atoms with E-state index in [1.54, 1.807) is 12.1 Å². The molecule has 1 aliphatic rings. The van der Waals surface area contributed by atoms with E-state index in [9.17, 15) is 14.4 Å². The van der Waals surface area contributed by atoms with Crippen LogP contribution >= 0.6 is 0 Å². The summed E-state index contributed by atoms with van der Waals surface area (Å²) < 4.78 is 0. The van der Waals surface area contributed by atoms with Crippen molar-refractivity contribution < 1.29 is 19.5 Å². The molecule has 1 saturated heterocycles. The van der Waals surface area contributed by atoms with Gasteiger partial charge in [0, 0.05) is 6.21 Å². The van der Waals surface area contributed by atoms with Gasteiger partial charge in [0.1, 0.15) is 0 Å². The smallest absolute Gasteiger partial charge is 0.335 e. The number of aliphatic imine (C=N–C) groups is 1. The van der Waals surface area contributed by atoms with Crippen LogP contribution in [0.2, 0.25) is 0 Å². The molecule has 1 atom stereocenters. The van der Waals surface area contributed by atoms with Crippen LogP contribution in [0, 0.1) is 19.8 Å². The van der Waals surface area contributed by atoms with Gasteiger partial charge in [0.2, 0.25) is 5.91 Å². The van der Waals surface area contributed by atoms with E-state index in [2.05, 4.69) is 10.3 Å². The quantitative estimate of drug-likeness (QED) is 0.627. The summed E-state index contributed by atoms with van der Waals surface area (Å²) in [6.45, 7) is 3.62. The maximum absolute atomic E-state index is 12.5. The zero-order chi connectivity index (χ0) is 16.3. The van der Waals surface area contributed by atoms with Gasteiger partial charge in [-0.1, -0.05) is 6.07 Å². The van der Waals surface area contributed by atoms with Gasteiger partial charge in [-0.3, -0.25) is 19.9 Å². The predicted molar refractivity (Wildman–Crippen MR) is 80.9 cm³/mol. The third-order valence-electron chi connectivity index (χ3n) is 3.15. The second kappa shape index (κ2) is 6.48. The maximum atomic E-state index is 12.5. The zero-order valence-corrected chi connectivity index (χ0v) is 12.4. The Morgan fingerprint density at radius 2 is 1.86 bits per heavy atom. The van der Waals surface area contributed by atoms with Crippen molar-refractivity contribution >= 4 is 29.7 Å². The molecule has 0 spiro atoms. The van der Waals surface area contributed by atoms with Gasteiger partial charge in [0.05, 0.1) is 18.8 Å². The highest BCUT2D eigenvalue weighted by Gasteiger charge is 2.40. The molecule has 2 rings (SSSR count). The van der Waals surface area contributed by atoms with Crippen molar-refractivity contribution in [2.24, 2.45) is 10.9 Å². The Balaban J connectivity index is 2.35. The average Bonchev–Trinajstić information content (AvgIpc) is 2.41. The number of imide groups is 2. The summed E-state index contributed by atoms with van der Waals surface area (Å²) in [5.41, 5.74) is 2.21. The highest BCUT2D eigenvalue weighted by atomic mass is 16.3. The number of aryl methyl sites for hydroxylation is 2. The molecule has 1 fully saturated rings. The molecule has 0 aliphatic carbocycles. The van der Waals surface area contributed by atoms with E-state index in [0.29, 0.717) is 5.69 Å². The first-order chi connectivity index (χ1) is 10.4. The summed E-state index contributed by atoms with van der Waals surface area (Å²) >= 11 is 0. The van der Waals surface area contributed by atoms with E-state index in [1.165, 1.54) is 0 Å². The number of hydrogen-bond donors (Lipinski definition) is 2. The number of rotatable bonds is 4. The van der Waals surface area contributed by atoms with Crippen molar-refractivity contribution in [3.05, 3.63) is 29.3 Å². The minimum absolute atomic E-state index is 0.0918. The van der Waals surface area contributed by atoms with Gasteiger partial charge >= 0.3 is 6.03 Å². The molecule has 7 heteroatoms. The summed E-state index contributed by atoms with van der Waals surface area (Å²) in [6, 6.07) is 4.54. The van der Waals surface area contributed by atoms with Crippen molar-refractivity contribution in [2.75, 3.05) is 18.1 Å². The predicted octanol–water partition coefficient (Wildman–Crippen LogP) is 0.566. The number of aliphatic hydroxyl groups excluding tert-OH is 1. The molecule has 4 amide bonds. The van der Waals surface area contributed by atoms with Gasteiger partial charge in [0.25, 0.3) is 5.91 Å². The largest absolute Gasteiger partial charge is 0.394 e. The Labute approximate surface area is 127 Å². The number of amides is 4. The number of aliphatic hydroxyl groups is 1. The molecule has 116 valence electrons. The number of urea groups is 1. The summed E-state index contributed by atoms with van der Waals surface area (Å²) in [6.07, 6.45) is 1.16. The van der Waals surface area contributed by atoms with Crippen LogP contribution < -0.4 is 10.2 Å². The van der Waals surface area contributed by atoms with Gasteiger partial charge < -0.3 is 5.11 Å². The fraction of sp³-hybridized carbons (Fsp3) is 0.333. The molecule has 7 nitrogen and oxygen atoms in total. The number of barbiturate groups is 1. The normalized spacial score (nSPS) is 19.0. The first-order valence-corrected chi connectivity index (χ1v) is 6.82. The molecule has 1 aromatic carbocycles. The SMILES string of the molecule is Cc1cc(C)cc(N2C(=O)NC(=O)[C@H](C=NCCO)C2=O)c1. The zero-order valence-electron chi connectivity index (χ0n) is 12.4. The lowest BCUT2D eigenvalue weighted by atomic mass is 10.0. The number of hydrogen-bond acceptors (Lipinski definition) is 5. The number of benzene rings is 1. The number of anilines is 1. The highest BCUT2D eigenvalue weighted by Crippen LogP contribution is 2.23. The molecule has 0 bridgehead atoms. The van der Waals surface area contributed by atoms with Crippen molar-refractivity contribution in [3.8, 4) is 0 Å². The lowest BCUT2D eigenvalue weighted by Gasteiger charge is -2.28. The van der Waals surface area contributed by atoms with Gasteiger partial charge in [-0.05, 0) is 37.1 Å². The molecular formula is C15H17N3O4. The van der Waals surface area contributed by atoms with E-state index in [1.807, 2.05) is 19.9 Å². The standard InChI is InChI=1S/C15H17N3O4/c1-9-5-10(2)7-11(6-9)18-14(21)12(8-16-3-4-19)13(20)17-15(18)22/h5-8,12,19H,3-4H2,1-2H3,(H,17,20,22)/t12-/m0/s1. The van der Waals surface area contributed by atoms with Crippen LogP contribution in [0.5, 0.6) is 0 Å². The lowest BCUT2D eigenvalue weighted by molar-refractivity contribution is -0.131. The van der Waals surface area contributed by atoms with Crippen LogP contribution in [0.3, 0.4) is 0 Å². The summed E-state index contributed by atoms with van der Waals surface area (Å²) in [7, 11) is 0. The number of nitrogens with zero attached hydrogens (tertiary/aromatic N) is 2. The van der Waals surface area contributed by atoms with E-state index in [-0.39, 0.29) is 13.2 Å². The average molecular weight is 303 g/mol. The van der Waals surface area contributed by atoms with E-state index < -0.39 is 23.8 Å². The Bertz CT molecular complexity index is 634. The third kappa shape index (κ3) is 3.20. The second-order valence-electron chi connectivity index (χ2n) is 5.07. The van der Waals surface area contributed by atoms with E-state index in [0.717, 1.165) is 22.2 Å². The summed E-state index contributed by atoms with van der Waals surface area (Å²) in [5, 5.41) is 10.8.